The maximum atomic E-state index is 2.65. The molecule has 0 N–H and O–H groups in total. The van der Waals surface area contributed by atoms with Crippen molar-refractivity contribution in [3.8, 4) is 78.4 Å². The van der Waals surface area contributed by atoms with E-state index in [0.29, 0.717) is 0 Å². The zero-order valence-corrected chi connectivity index (χ0v) is 70.3. The molecule has 22 aromatic rings. The molecule has 10 aliphatic carbocycles. The van der Waals surface area contributed by atoms with E-state index >= 15 is 0 Å². The number of para-hydroxylation sites is 2. The molecule has 0 saturated heterocycles. The van der Waals surface area contributed by atoms with Crippen molar-refractivity contribution in [3.63, 3.8) is 0 Å². The predicted molar refractivity (Wildman–Crippen MR) is 526 cm³/mol. The molecule has 0 unspecified atom stereocenters. The molecule has 4 nitrogen and oxygen atoms in total. The number of rotatable bonds is 7. The molecule has 8 fully saturated rings. The molecule has 4 heterocycles. The summed E-state index contributed by atoms with van der Waals surface area (Å²) in [6.07, 6.45) is 14.1. The molecule has 598 valence electrons. The maximum Gasteiger partial charge on any atom is 0.0547 e. The average Bonchev–Trinajstić information content (AvgIpc) is 1.50. The molecule has 10 aliphatic rings. The van der Waals surface area contributed by atoms with E-state index in [-0.39, 0.29) is 10.8 Å². The monoisotopic (exact) mass is 1610 g/mol. The highest BCUT2D eigenvalue weighted by atomic mass is 15.0. The zero-order valence-electron chi connectivity index (χ0n) is 70.3. The van der Waals surface area contributed by atoms with Crippen LogP contribution in [0.5, 0.6) is 0 Å². The van der Waals surface area contributed by atoms with Gasteiger partial charge in [0, 0.05) is 76.7 Å². The lowest BCUT2D eigenvalue weighted by Gasteiger charge is -2.61. The molecule has 4 heteroatoms. The lowest BCUT2D eigenvalue weighted by molar-refractivity contribution is -0.0399. The summed E-state index contributed by atoms with van der Waals surface area (Å²) in [7, 11) is 0. The van der Waals surface area contributed by atoms with E-state index in [0.717, 1.165) is 47.3 Å². The molecule has 32 rings (SSSR count). The first-order valence-corrected chi connectivity index (χ1v) is 46.5. The van der Waals surface area contributed by atoms with Crippen LogP contribution in [0.2, 0.25) is 0 Å². The first kappa shape index (κ1) is 70.4. The van der Waals surface area contributed by atoms with Crippen LogP contribution < -0.4 is 0 Å². The van der Waals surface area contributed by atoms with Gasteiger partial charge < -0.3 is 18.3 Å². The van der Waals surface area contributed by atoms with Crippen molar-refractivity contribution in [2.75, 3.05) is 0 Å². The minimum Gasteiger partial charge on any atom is -0.309 e. The number of hydrogen-bond acceptors (Lipinski definition) is 0. The van der Waals surface area contributed by atoms with Gasteiger partial charge in [-0.1, -0.05) is 243 Å². The van der Waals surface area contributed by atoms with E-state index in [4.69, 9.17) is 0 Å². The molecular weight excluding hydrogens is 1520 g/mol. The Morgan fingerprint density at radius 3 is 0.905 bits per heavy atom. The van der Waals surface area contributed by atoms with Crippen molar-refractivity contribution in [1.82, 2.24) is 18.3 Å². The summed E-state index contributed by atoms with van der Waals surface area (Å²) >= 11 is 0. The van der Waals surface area contributed by atoms with E-state index in [9.17, 15) is 0 Å². The number of fused-ring (bicyclic) bond motifs is 21. The van der Waals surface area contributed by atoms with Crippen LogP contribution in [-0.2, 0) is 10.8 Å². The highest BCUT2D eigenvalue weighted by Crippen LogP contribution is 2.72. The summed E-state index contributed by atoms with van der Waals surface area (Å²) in [4.78, 5) is 0. The highest BCUT2D eigenvalue weighted by Gasteiger charge is 2.63. The quantitative estimate of drug-likeness (QED) is 0.152. The molecule has 2 spiro atoms. The number of aromatic nitrogens is 4. The summed E-state index contributed by atoms with van der Waals surface area (Å²) in [6.45, 7) is 0. The van der Waals surface area contributed by atoms with Crippen LogP contribution in [0.4, 0.5) is 0 Å². The summed E-state index contributed by atoms with van der Waals surface area (Å²) in [6, 6.07) is 143. The van der Waals surface area contributed by atoms with Crippen molar-refractivity contribution in [1.29, 1.82) is 0 Å². The normalized spacial score (nSPS) is 22.0. The third kappa shape index (κ3) is 9.85. The first-order valence-electron chi connectivity index (χ1n) is 46.5. The van der Waals surface area contributed by atoms with Crippen LogP contribution in [0.1, 0.15) is 86.5 Å². The summed E-state index contributed by atoms with van der Waals surface area (Å²) in [5, 5.41) is 17.9. The molecule has 4 aromatic heterocycles. The lowest BCUT2D eigenvalue weighted by Crippen LogP contribution is -2.55. The van der Waals surface area contributed by atoms with Gasteiger partial charge in [0.25, 0.3) is 0 Å². The lowest BCUT2D eigenvalue weighted by atomic mass is 9.43. The Labute approximate surface area is 731 Å². The van der Waals surface area contributed by atoms with Crippen molar-refractivity contribution in [2.45, 2.75) is 75.0 Å². The van der Waals surface area contributed by atoms with E-state index in [1.165, 1.54) is 262 Å². The Kier molecular flexibility index (Phi) is 14.7. The van der Waals surface area contributed by atoms with Gasteiger partial charge in [0.05, 0.1) is 44.1 Å². The summed E-state index contributed by atoms with van der Waals surface area (Å²) in [5.41, 5.74) is 34.9. The van der Waals surface area contributed by atoms with Gasteiger partial charge in [-0.2, -0.15) is 0 Å². The van der Waals surface area contributed by atoms with Crippen LogP contribution >= 0.6 is 0 Å². The minimum absolute atomic E-state index is 0.126. The fourth-order valence-electron chi connectivity index (χ4n) is 28.5. The molecule has 0 aliphatic heterocycles. The van der Waals surface area contributed by atoms with E-state index in [1.807, 2.05) is 0 Å². The second-order valence-electron chi connectivity index (χ2n) is 39.1. The van der Waals surface area contributed by atoms with E-state index < -0.39 is 0 Å². The van der Waals surface area contributed by atoms with E-state index in [1.54, 1.807) is 22.3 Å². The Hall–Kier alpha value is -14.1. The highest BCUT2D eigenvalue weighted by molar-refractivity contribution is 6.18. The van der Waals surface area contributed by atoms with E-state index in [2.05, 4.69) is 394 Å². The smallest absolute Gasteiger partial charge is 0.0547 e. The Bertz CT molecular complexity index is 8390. The van der Waals surface area contributed by atoms with Gasteiger partial charge in [-0.15, -0.1) is 0 Å². The minimum atomic E-state index is 0.126. The average molecular weight is 1610 g/mol. The molecule has 0 amide bonds. The first-order chi connectivity index (χ1) is 62.3. The van der Waals surface area contributed by atoms with Gasteiger partial charge in [0.1, 0.15) is 0 Å². The van der Waals surface area contributed by atoms with Gasteiger partial charge in [-0.05, 0) is 355 Å². The molecule has 126 heavy (non-hydrogen) atoms. The van der Waals surface area contributed by atoms with Crippen LogP contribution in [-0.4, -0.2) is 18.3 Å². The second kappa shape index (κ2) is 26.3. The predicted octanol–water partition coefficient (Wildman–Crippen LogP) is 31.7. The number of hydrogen-bond donors (Lipinski definition) is 0. The van der Waals surface area contributed by atoms with Crippen LogP contribution in [0.25, 0.3) is 198 Å². The van der Waals surface area contributed by atoms with Gasteiger partial charge in [-0.3, -0.25) is 0 Å². The fourth-order valence-corrected chi connectivity index (χ4v) is 28.5. The Morgan fingerprint density at radius 1 is 0.167 bits per heavy atom. The molecule has 8 bridgehead atoms. The maximum absolute atomic E-state index is 2.65. The van der Waals surface area contributed by atoms with Gasteiger partial charge in [0.15, 0.2) is 0 Å². The Balaban J connectivity index is 0.000000126. The molecule has 8 saturated carbocycles. The van der Waals surface area contributed by atoms with Gasteiger partial charge in [-0.25, -0.2) is 0 Å². The van der Waals surface area contributed by atoms with Crippen molar-refractivity contribution >= 4 is 120 Å². The standard InChI is InChI=1S/C62H46N2.C60H44N2/c1-2-10-40(11-3-1)41-18-22-48(23-19-41)63-58-17-9-7-15-52(58)53-34-44(20-26-59(53)63)45-21-27-60-54(35-45)55-33-42-12-4-5-13-43(42)36-61(55)64(60)49-24-25-51-50-14-6-8-16-56(50)62(57(51)37-49)46-29-38-28-39(31-46)32-47(62)30-38;1-2-10-39-30-46(20-17-38(39)9-1)61-56-16-8-6-14-50(56)51-32-42(18-23-57(51)61)43-19-24-58-52(33-43)53-31-40-11-3-4-12-41(40)34-59(53)62(58)47-21-22-49-48-13-5-7-15-54(48)60(55(49)35-47)44-26-36-25-37(28-44)29-45(60)27-36/h1-27,33-39,46-47H,28-32H2;1-24,30-37,44-45H,25-29H2. The molecular formula is C122H90N4. The SMILES string of the molecule is c1ccc(-c2ccc(-n3c4ccccc4c4cc(-c5ccc6c(c5)c5cc7ccccc7cc5n6-c5ccc6c(c5)C5(c7ccccc7-6)C6CC7CC(C6)CC5C7)ccc43)cc2)cc1.c1ccc2c(c1)-c1ccc(-n3c4ccc(-c5ccc6c(c5)c5ccccc5n6-c5ccc6ccccc6c5)cc4c4cc5ccccc5cc43)cc1C21C2CC3CC(C2)CC1C3. The van der Waals surface area contributed by atoms with Crippen molar-refractivity contribution in [2.24, 2.45) is 47.3 Å². The van der Waals surface area contributed by atoms with Crippen LogP contribution in [0.3, 0.4) is 0 Å². The Morgan fingerprint density at radius 2 is 0.460 bits per heavy atom. The second-order valence-corrected chi connectivity index (χ2v) is 39.1. The molecule has 0 radical (unpaired) electrons. The van der Waals surface area contributed by atoms with Crippen molar-refractivity contribution < 1.29 is 0 Å². The number of benzene rings is 18. The van der Waals surface area contributed by atoms with Gasteiger partial charge >= 0.3 is 0 Å². The third-order valence-corrected chi connectivity index (χ3v) is 33.1. The fraction of sp³-hybridized carbons (Fsp3) is 0.164. The molecule has 18 aromatic carbocycles. The largest absolute Gasteiger partial charge is 0.309 e. The number of nitrogens with zero attached hydrogens (tertiary/aromatic N) is 4. The third-order valence-electron chi connectivity index (χ3n) is 33.1. The molecule has 0 atom stereocenters. The van der Waals surface area contributed by atoms with Crippen LogP contribution in [0.15, 0.2) is 376 Å². The summed E-state index contributed by atoms with van der Waals surface area (Å²) in [5.74, 6) is 6.63. The van der Waals surface area contributed by atoms with Crippen LogP contribution in [0, 0.1) is 47.3 Å². The van der Waals surface area contributed by atoms with Crippen molar-refractivity contribution in [3.05, 3.63) is 398 Å². The summed E-state index contributed by atoms with van der Waals surface area (Å²) < 4.78 is 10.0. The zero-order chi connectivity index (χ0) is 81.9. The van der Waals surface area contributed by atoms with Gasteiger partial charge in [0.2, 0.25) is 0 Å². The topological polar surface area (TPSA) is 19.7 Å².